The highest BCUT2D eigenvalue weighted by molar-refractivity contribution is 5.67. The average molecular weight is 276 g/mol. The Hall–Kier alpha value is -2.67. The minimum absolute atomic E-state index is 0.160. The Kier molecular flexibility index (Phi) is 2.99. The topological polar surface area (TPSA) is 54.0 Å². The second-order valence-corrected chi connectivity index (χ2v) is 6.03. The standard InChI is InChI=1S/C17H16N4/c1-17(2,3)16-19-15-13(11-18)9-10-14(21(15)20-16)12-7-5-4-6-8-12/h4-10H,1-3H3. The number of hydrogen-bond acceptors (Lipinski definition) is 3. The summed E-state index contributed by atoms with van der Waals surface area (Å²) < 4.78 is 1.77. The molecule has 0 bridgehead atoms. The van der Waals surface area contributed by atoms with Crippen molar-refractivity contribution in [2.24, 2.45) is 0 Å². The van der Waals surface area contributed by atoms with Gasteiger partial charge in [0.25, 0.3) is 0 Å². The first-order valence-corrected chi connectivity index (χ1v) is 6.86. The molecule has 21 heavy (non-hydrogen) atoms. The maximum absolute atomic E-state index is 9.28. The fraction of sp³-hybridized carbons (Fsp3) is 0.235. The van der Waals surface area contributed by atoms with Gasteiger partial charge >= 0.3 is 0 Å². The SMILES string of the molecule is CC(C)(C)c1nc2c(C#N)ccc(-c3ccccc3)n2n1. The van der Waals surface area contributed by atoms with Crippen molar-refractivity contribution < 1.29 is 0 Å². The van der Waals surface area contributed by atoms with Crippen molar-refractivity contribution in [1.29, 1.82) is 5.26 Å². The first-order chi connectivity index (χ1) is 10.0. The number of benzene rings is 1. The Labute approximate surface area is 123 Å². The molecule has 0 aliphatic rings. The molecular formula is C17H16N4. The summed E-state index contributed by atoms with van der Waals surface area (Å²) in [5.74, 6) is 0.738. The van der Waals surface area contributed by atoms with Crippen LogP contribution < -0.4 is 0 Å². The van der Waals surface area contributed by atoms with Gasteiger partial charge in [-0.2, -0.15) is 10.4 Å². The normalized spacial score (nSPS) is 11.5. The summed E-state index contributed by atoms with van der Waals surface area (Å²) in [6.45, 7) is 6.20. The molecule has 0 unspecified atom stereocenters. The molecule has 0 N–H and O–H groups in total. The fourth-order valence-electron chi connectivity index (χ4n) is 2.19. The highest BCUT2D eigenvalue weighted by atomic mass is 15.3. The summed E-state index contributed by atoms with van der Waals surface area (Å²) in [7, 11) is 0. The third-order valence-corrected chi connectivity index (χ3v) is 3.34. The molecule has 2 aromatic heterocycles. The van der Waals surface area contributed by atoms with E-state index in [1.165, 1.54) is 0 Å². The van der Waals surface area contributed by atoms with Crippen LogP contribution in [0.5, 0.6) is 0 Å². The second-order valence-electron chi connectivity index (χ2n) is 6.03. The summed E-state index contributed by atoms with van der Waals surface area (Å²) >= 11 is 0. The third-order valence-electron chi connectivity index (χ3n) is 3.34. The third kappa shape index (κ3) is 2.27. The zero-order chi connectivity index (χ0) is 15.0. The van der Waals surface area contributed by atoms with Gasteiger partial charge in [0.2, 0.25) is 0 Å². The number of nitrogens with zero attached hydrogens (tertiary/aromatic N) is 4. The van der Waals surface area contributed by atoms with Crippen LogP contribution in [-0.4, -0.2) is 14.6 Å². The Bertz CT molecular complexity index is 833. The molecule has 4 nitrogen and oxygen atoms in total. The second kappa shape index (κ2) is 4.71. The van der Waals surface area contributed by atoms with Gasteiger partial charge in [-0.05, 0) is 12.1 Å². The predicted octanol–water partition coefficient (Wildman–Crippen LogP) is 3.57. The highest BCUT2D eigenvalue weighted by Crippen LogP contribution is 2.25. The van der Waals surface area contributed by atoms with Crippen molar-refractivity contribution in [3.05, 3.63) is 53.9 Å². The van der Waals surface area contributed by atoms with Crippen LogP contribution in [-0.2, 0) is 5.41 Å². The van der Waals surface area contributed by atoms with Gasteiger partial charge in [0.05, 0.1) is 11.3 Å². The smallest absolute Gasteiger partial charge is 0.174 e. The zero-order valence-corrected chi connectivity index (χ0v) is 12.3. The number of fused-ring (bicyclic) bond motifs is 1. The minimum Gasteiger partial charge on any atom is -0.212 e. The van der Waals surface area contributed by atoms with Gasteiger partial charge in [-0.15, -0.1) is 0 Å². The molecule has 0 atom stereocenters. The maximum atomic E-state index is 9.28. The molecule has 0 radical (unpaired) electrons. The van der Waals surface area contributed by atoms with Crippen molar-refractivity contribution in [3.63, 3.8) is 0 Å². The van der Waals surface area contributed by atoms with E-state index in [1.54, 1.807) is 10.6 Å². The van der Waals surface area contributed by atoms with E-state index in [0.29, 0.717) is 11.2 Å². The number of hydrogen-bond donors (Lipinski definition) is 0. The molecule has 0 aliphatic carbocycles. The van der Waals surface area contributed by atoms with Crippen LogP contribution in [0.3, 0.4) is 0 Å². The molecule has 0 aliphatic heterocycles. The van der Waals surface area contributed by atoms with Gasteiger partial charge in [0.15, 0.2) is 11.5 Å². The molecular weight excluding hydrogens is 260 g/mol. The molecule has 104 valence electrons. The summed E-state index contributed by atoms with van der Waals surface area (Å²) in [5, 5.41) is 13.9. The quantitative estimate of drug-likeness (QED) is 0.682. The number of nitriles is 1. The van der Waals surface area contributed by atoms with Crippen molar-refractivity contribution in [3.8, 4) is 17.3 Å². The van der Waals surface area contributed by atoms with E-state index in [2.05, 4.69) is 36.9 Å². The van der Waals surface area contributed by atoms with Crippen molar-refractivity contribution >= 4 is 5.65 Å². The fourth-order valence-corrected chi connectivity index (χ4v) is 2.19. The van der Waals surface area contributed by atoms with Crippen LogP contribution in [0.15, 0.2) is 42.5 Å². The zero-order valence-electron chi connectivity index (χ0n) is 12.3. The van der Waals surface area contributed by atoms with E-state index in [1.807, 2.05) is 36.4 Å². The molecule has 2 heterocycles. The Balaban J connectivity index is 2.33. The molecule has 0 fully saturated rings. The molecule has 0 spiro atoms. The summed E-state index contributed by atoms with van der Waals surface area (Å²) in [4.78, 5) is 4.57. The lowest BCUT2D eigenvalue weighted by atomic mass is 9.96. The van der Waals surface area contributed by atoms with Crippen molar-refractivity contribution in [1.82, 2.24) is 14.6 Å². The van der Waals surface area contributed by atoms with Crippen LogP contribution in [0.4, 0.5) is 0 Å². The molecule has 0 saturated heterocycles. The lowest BCUT2D eigenvalue weighted by Gasteiger charge is -2.12. The maximum Gasteiger partial charge on any atom is 0.174 e. The monoisotopic (exact) mass is 276 g/mol. The molecule has 0 saturated carbocycles. The summed E-state index contributed by atoms with van der Waals surface area (Å²) in [6.07, 6.45) is 0. The minimum atomic E-state index is -0.160. The van der Waals surface area contributed by atoms with E-state index in [-0.39, 0.29) is 5.41 Å². The van der Waals surface area contributed by atoms with E-state index >= 15 is 0 Å². The first-order valence-electron chi connectivity index (χ1n) is 6.86. The van der Waals surface area contributed by atoms with Crippen LogP contribution in [0.1, 0.15) is 32.2 Å². The summed E-state index contributed by atoms with van der Waals surface area (Å²) in [5.41, 5.74) is 2.98. The molecule has 1 aromatic carbocycles. The lowest BCUT2D eigenvalue weighted by Crippen LogP contribution is -2.13. The van der Waals surface area contributed by atoms with Gasteiger partial charge in [0, 0.05) is 11.0 Å². The van der Waals surface area contributed by atoms with Crippen LogP contribution in [0.25, 0.3) is 16.9 Å². The molecule has 0 amide bonds. The van der Waals surface area contributed by atoms with Crippen LogP contribution in [0.2, 0.25) is 0 Å². The van der Waals surface area contributed by atoms with E-state index in [0.717, 1.165) is 17.1 Å². The van der Waals surface area contributed by atoms with Crippen LogP contribution in [0, 0.1) is 11.3 Å². The average Bonchev–Trinajstić information content (AvgIpc) is 2.92. The number of pyridine rings is 1. The highest BCUT2D eigenvalue weighted by Gasteiger charge is 2.22. The van der Waals surface area contributed by atoms with Gasteiger partial charge < -0.3 is 0 Å². The first kappa shape index (κ1) is 13.3. The number of aromatic nitrogens is 3. The van der Waals surface area contributed by atoms with E-state index < -0.39 is 0 Å². The van der Waals surface area contributed by atoms with Crippen molar-refractivity contribution in [2.75, 3.05) is 0 Å². The van der Waals surface area contributed by atoms with E-state index in [4.69, 9.17) is 0 Å². The molecule has 4 heteroatoms. The van der Waals surface area contributed by atoms with Gasteiger partial charge in [0.1, 0.15) is 6.07 Å². The Morgan fingerprint density at radius 3 is 2.38 bits per heavy atom. The van der Waals surface area contributed by atoms with Gasteiger partial charge in [-0.1, -0.05) is 51.1 Å². The van der Waals surface area contributed by atoms with Gasteiger partial charge in [-0.3, -0.25) is 0 Å². The van der Waals surface area contributed by atoms with Crippen molar-refractivity contribution in [2.45, 2.75) is 26.2 Å². The predicted molar refractivity (Wildman–Crippen MR) is 81.8 cm³/mol. The number of rotatable bonds is 1. The molecule has 3 rings (SSSR count). The summed E-state index contributed by atoms with van der Waals surface area (Å²) in [6, 6.07) is 15.9. The largest absolute Gasteiger partial charge is 0.212 e. The lowest BCUT2D eigenvalue weighted by molar-refractivity contribution is 0.545. The Morgan fingerprint density at radius 1 is 1.05 bits per heavy atom. The van der Waals surface area contributed by atoms with E-state index in [9.17, 15) is 5.26 Å². The van der Waals surface area contributed by atoms with Crippen LogP contribution >= 0.6 is 0 Å². The van der Waals surface area contributed by atoms with Gasteiger partial charge in [-0.25, -0.2) is 9.50 Å². The molecule has 3 aromatic rings. The Morgan fingerprint density at radius 2 is 1.76 bits per heavy atom.